The van der Waals surface area contributed by atoms with Gasteiger partial charge in [0.15, 0.2) is 9.84 Å². The van der Waals surface area contributed by atoms with Gasteiger partial charge in [-0.15, -0.1) is 0 Å². The summed E-state index contributed by atoms with van der Waals surface area (Å²) in [5, 5.41) is -0.639. The Kier molecular flexibility index (Phi) is 3.41. The molecule has 0 unspecified atom stereocenters. The van der Waals surface area contributed by atoms with Crippen molar-refractivity contribution in [3.05, 3.63) is 65.7 Å². The van der Waals surface area contributed by atoms with E-state index in [9.17, 15) is 13.2 Å². The van der Waals surface area contributed by atoms with Crippen molar-refractivity contribution in [2.75, 3.05) is 0 Å². The van der Waals surface area contributed by atoms with Gasteiger partial charge in [0.1, 0.15) is 6.29 Å². The van der Waals surface area contributed by atoms with Crippen LogP contribution in [0, 0.1) is 12.8 Å². The van der Waals surface area contributed by atoms with Crippen molar-refractivity contribution < 1.29 is 13.2 Å². The molecule has 0 radical (unpaired) electrons. The Morgan fingerprint density at radius 3 is 2.14 bits per heavy atom. The molecule has 3 nitrogen and oxygen atoms in total. The first-order valence-electron chi connectivity index (χ1n) is 6.86. The van der Waals surface area contributed by atoms with Crippen LogP contribution in [0.3, 0.4) is 0 Å². The maximum absolute atomic E-state index is 12.7. The van der Waals surface area contributed by atoms with Gasteiger partial charge in [-0.1, -0.05) is 48.0 Å². The molecular formula is C17H16O3S. The molecular weight excluding hydrogens is 284 g/mol. The van der Waals surface area contributed by atoms with Crippen LogP contribution in [0.25, 0.3) is 0 Å². The molecule has 21 heavy (non-hydrogen) atoms. The number of carbonyl (C=O) groups is 1. The number of hydrogen-bond donors (Lipinski definition) is 0. The fraction of sp³-hybridized carbons (Fsp3) is 0.235. The minimum Gasteiger partial charge on any atom is -0.303 e. The highest BCUT2D eigenvalue weighted by atomic mass is 32.2. The van der Waals surface area contributed by atoms with Crippen LogP contribution < -0.4 is 0 Å². The molecule has 0 saturated heterocycles. The van der Waals surface area contributed by atoms with Crippen LogP contribution in [0.2, 0.25) is 0 Å². The van der Waals surface area contributed by atoms with E-state index in [1.54, 1.807) is 24.3 Å². The number of benzene rings is 2. The Balaban J connectivity index is 1.96. The van der Waals surface area contributed by atoms with Crippen LogP contribution in [0.4, 0.5) is 0 Å². The smallest absolute Gasteiger partial charge is 0.182 e. The van der Waals surface area contributed by atoms with Gasteiger partial charge in [0.2, 0.25) is 0 Å². The highest BCUT2D eigenvalue weighted by Gasteiger charge is 2.58. The molecule has 1 aliphatic rings. The largest absolute Gasteiger partial charge is 0.303 e. The van der Waals surface area contributed by atoms with Crippen LogP contribution in [0.1, 0.15) is 17.0 Å². The lowest BCUT2D eigenvalue weighted by molar-refractivity contribution is -0.108. The summed E-state index contributed by atoms with van der Waals surface area (Å²) in [6, 6.07) is 16.2. The fourth-order valence-electron chi connectivity index (χ4n) is 2.84. The van der Waals surface area contributed by atoms with Crippen molar-refractivity contribution in [2.24, 2.45) is 5.92 Å². The predicted octanol–water partition coefficient (Wildman–Crippen LogP) is 2.75. The lowest BCUT2D eigenvalue weighted by Gasteiger charge is -2.04. The van der Waals surface area contributed by atoms with Gasteiger partial charge in [-0.05, 0) is 24.6 Å². The molecule has 108 valence electrons. The van der Waals surface area contributed by atoms with Gasteiger partial charge in [-0.2, -0.15) is 0 Å². The molecule has 0 heterocycles. The molecule has 2 aromatic carbocycles. The summed E-state index contributed by atoms with van der Waals surface area (Å²) in [5.74, 6) is -0.672. The standard InChI is InChI=1S/C17H16O3S/c1-12-7-9-14(10-8-12)21(19,20)17-15(11-18)16(17)13-5-3-2-4-6-13/h2-11,15-17H,1H3/t15-,16-,17-/m0/s1. The molecule has 0 bridgehead atoms. The highest BCUT2D eigenvalue weighted by molar-refractivity contribution is 7.92. The molecule has 4 heteroatoms. The number of rotatable bonds is 4. The van der Waals surface area contributed by atoms with E-state index in [1.165, 1.54) is 0 Å². The van der Waals surface area contributed by atoms with Crippen molar-refractivity contribution in [1.82, 2.24) is 0 Å². The van der Waals surface area contributed by atoms with E-state index in [2.05, 4.69) is 0 Å². The molecule has 2 aromatic rings. The Hall–Kier alpha value is -1.94. The lowest BCUT2D eigenvalue weighted by atomic mass is 10.1. The average molecular weight is 300 g/mol. The molecule has 0 amide bonds. The minimum atomic E-state index is -3.47. The van der Waals surface area contributed by atoms with Crippen molar-refractivity contribution in [3.8, 4) is 0 Å². The van der Waals surface area contributed by atoms with Crippen LogP contribution in [0.15, 0.2) is 59.5 Å². The molecule has 1 saturated carbocycles. The number of aryl methyl sites for hydroxylation is 1. The van der Waals surface area contributed by atoms with Gasteiger partial charge in [0.05, 0.1) is 10.1 Å². The maximum Gasteiger partial charge on any atom is 0.182 e. The first-order valence-corrected chi connectivity index (χ1v) is 8.41. The Morgan fingerprint density at radius 2 is 1.57 bits per heavy atom. The number of hydrogen-bond acceptors (Lipinski definition) is 3. The monoisotopic (exact) mass is 300 g/mol. The van der Waals surface area contributed by atoms with Gasteiger partial charge < -0.3 is 4.79 Å². The van der Waals surface area contributed by atoms with E-state index >= 15 is 0 Å². The predicted molar refractivity (Wildman–Crippen MR) is 80.9 cm³/mol. The molecule has 0 aliphatic heterocycles. The van der Waals surface area contributed by atoms with Crippen LogP contribution in [-0.4, -0.2) is 20.0 Å². The van der Waals surface area contributed by atoms with Crippen LogP contribution in [-0.2, 0) is 14.6 Å². The first kappa shape index (κ1) is 14.0. The zero-order valence-electron chi connectivity index (χ0n) is 11.6. The van der Waals surface area contributed by atoms with E-state index < -0.39 is 21.0 Å². The van der Waals surface area contributed by atoms with E-state index in [0.717, 1.165) is 17.4 Å². The minimum absolute atomic E-state index is 0.227. The summed E-state index contributed by atoms with van der Waals surface area (Å²) >= 11 is 0. The second kappa shape index (κ2) is 5.11. The third-order valence-electron chi connectivity index (χ3n) is 4.06. The van der Waals surface area contributed by atoms with E-state index in [1.807, 2.05) is 37.3 Å². The Bertz CT molecular complexity index is 748. The summed E-state index contributed by atoms with van der Waals surface area (Å²) in [6.45, 7) is 1.91. The zero-order chi connectivity index (χ0) is 15.0. The molecule has 0 spiro atoms. The second-order valence-corrected chi connectivity index (χ2v) is 7.58. The summed E-state index contributed by atoms with van der Waals surface area (Å²) in [6.07, 6.45) is 0.772. The van der Waals surface area contributed by atoms with Gasteiger partial charge in [0, 0.05) is 11.8 Å². The number of sulfone groups is 1. The third-order valence-corrected chi connectivity index (χ3v) is 6.31. The normalized spacial score (nSPS) is 24.5. The van der Waals surface area contributed by atoms with E-state index in [4.69, 9.17) is 0 Å². The van der Waals surface area contributed by atoms with Crippen LogP contribution >= 0.6 is 0 Å². The van der Waals surface area contributed by atoms with Gasteiger partial charge >= 0.3 is 0 Å². The molecule has 1 fully saturated rings. The summed E-state index contributed by atoms with van der Waals surface area (Å²) < 4.78 is 25.4. The summed E-state index contributed by atoms with van der Waals surface area (Å²) in [4.78, 5) is 11.5. The Labute approximate surface area is 124 Å². The first-order chi connectivity index (χ1) is 10.1. The molecule has 3 rings (SSSR count). The molecule has 1 aliphatic carbocycles. The second-order valence-electron chi connectivity index (χ2n) is 5.47. The number of carbonyl (C=O) groups excluding carboxylic acids is 1. The van der Waals surface area contributed by atoms with Crippen LogP contribution in [0.5, 0.6) is 0 Å². The zero-order valence-corrected chi connectivity index (χ0v) is 12.5. The molecule has 0 aromatic heterocycles. The number of aldehydes is 1. The quantitative estimate of drug-likeness (QED) is 0.816. The average Bonchev–Trinajstić information content (AvgIpc) is 3.24. The van der Waals surface area contributed by atoms with Gasteiger partial charge in [0.25, 0.3) is 0 Å². The summed E-state index contributed by atoms with van der Waals surface area (Å²) in [5.41, 5.74) is 1.92. The highest BCUT2D eigenvalue weighted by Crippen LogP contribution is 2.52. The van der Waals surface area contributed by atoms with Crippen molar-refractivity contribution in [1.29, 1.82) is 0 Å². The van der Waals surface area contributed by atoms with Gasteiger partial charge in [-0.3, -0.25) is 0 Å². The van der Waals surface area contributed by atoms with Crippen molar-refractivity contribution in [2.45, 2.75) is 23.0 Å². The SMILES string of the molecule is Cc1ccc(S(=O)(=O)[C@H]2[C@@H](C=O)[C@@H]2c2ccccc2)cc1. The van der Waals surface area contributed by atoms with Crippen molar-refractivity contribution >= 4 is 16.1 Å². The molecule has 3 atom stereocenters. The Morgan fingerprint density at radius 1 is 0.952 bits per heavy atom. The lowest BCUT2D eigenvalue weighted by Crippen LogP contribution is -2.11. The maximum atomic E-state index is 12.7. The fourth-order valence-corrected chi connectivity index (χ4v) is 4.95. The molecule has 0 N–H and O–H groups in total. The topological polar surface area (TPSA) is 51.2 Å². The summed E-state index contributed by atoms with van der Waals surface area (Å²) in [7, 11) is -3.47. The van der Waals surface area contributed by atoms with Gasteiger partial charge in [-0.25, -0.2) is 8.42 Å². The van der Waals surface area contributed by atoms with E-state index in [-0.39, 0.29) is 5.92 Å². The van der Waals surface area contributed by atoms with Crippen molar-refractivity contribution in [3.63, 3.8) is 0 Å². The van der Waals surface area contributed by atoms with E-state index in [0.29, 0.717) is 4.90 Å². The third kappa shape index (κ3) is 2.40.